The Balaban J connectivity index is 1.47. The fourth-order valence-corrected chi connectivity index (χ4v) is 4.14. The van der Waals surface area contributed by atoms with E-state index < -0.39 is 0 Å². The average Bonchev–Trinajstić information content (AvgIpc) is 3.20. The van der Waals surface area contributed by atoms with E-state index in [1.807, 2.05) is 6.20 Å². The van der Waals surface area contributed by atoms with Crippen molar-refractivity contribution in [1.82, 2.24) is 14.5 Å². The number of benzene rings is 2. The van der Waals surface area contributed by atoms with Gasteiger partial charge in [-0.25, -0.2) is 4.98 Å². The fourth-order valence-electron chi connectivity index (χ4n) is 4.14. The fraction of sp³-hybridized carbons (Fsp3) is 0.375. The van der Waals surface area contributed by atoms with Crippen molar-refractivity contribution in [1.29, 1.82) is 0 Å². The summed E-state index contributed by atoms with van der Waals surface area (Å²) in [6.45, 7) is 6.72. The van der Waals surface area contributed by atoms with Gasteiger partial charge in [-0.3, -0.25) is 4.90 Å². The molecule has 0 radical (unpaired) electrons. The molecule has 0 amide bonds. The van der Waals surface area contributed by atoms with Crippen LogP contribution in [0.2, 0.25) is 0 Å². The van der Waals surface area contributed by atoms with Crippen LogP contribution in [0.5, 0.6) is 0 Å². The summed E-state index contributed by atoms with van der Waals surface area (Å²) in [5, 5.41) is 0. The molecule has 0 unspecified atom stereocenters. The SMILES string of the molecule is CCn1ccnc1CN1CCO[C@@H](CC(c2ccccc2)c2ccccc2)C1. The molecule has 28 heavy (non-hydrogen) atoms. The third-order valence-corrected chi connectivity index (χ3v) is 5.63. The number of imidazole rings is 1. The van der Waals surface area contributed by atoms with Crippen LogP contribution < -0.4 is 0 Å². The Morgan fingerprint density at radius 1 is 1.04 bits per heavy atom. The molecule has 3 aromatic rings. The van der Waals surface area contributed by atoms with Crippen LogP contribution in [0.3, 0.4) is 0 Å². The molecule has 4 heteroatoms. The lowest BCUT2D eigenvalue weighted by molar-refractivity contribution is -0.0374. The van der Waals surface area contributed by atoms with Crippen molar-refractivity contribution in [3.05, 3.63) is 90.0 Å². The van der Waals surface area contributed by atoms with Crippen LogP contribution in [0.4, 0.5) is 0 Å². The maximum absolute atomic E-state index is 6.19. The first-order valence-corrected chi connectivity index (χ1v) is 10.3. The van der Waals surface area contributed by atoms with Crippen molar-refractivity contribution in [3.8, 4) is 0 Å². The molecule has 0 aliphatic carbocycles. The van der Waals surface area contributed by atoms with Gasteiger partial charge in [-0.05, 0) is 24.5 Å². The van der Waals surface area contributed by atoms with Gasteiger partial charge in [-0.2, -0.15) is 0 Å². The zero-order valence-electron chi connectivity index (χ0n) is 16.6. The molecule has 1 aliphatic heterocycles. The van der Waals surface area contributed by atoms with E-state index in [-0.39, 0.29) is 6.10 Å². The van der Waals surface area contributed by atoms with E-state index in [1.165, 1.54) is 11.1 Å². The molecule has 1 saturated heterocycles. The number of nitrogens with zero attached hydrogens (tertiary/aromatic N) is 3. The van der Waals surface area contributed by atoms with Crippen molar-refractivity contribution in [2.45, 2.75) is 38.5 Å². The smallest absolute Gasteiger partial charge is 0.122 e. The second kappa shape index (κ2) is 9.18. The molecular weight excluding hydrogens is 346 g/mol. The predicted octanol–water partition coefficient (Wildman–Crippen LogP) is 4.33. The molecule has 4 rings (SSSR count). The number of rotatable bonds is 7. The van der Waals surface area contributed by atoms with Crippen LogP contribution in [-0.2, 0) is 17.8 Å². The van der Waals surface area contributed by atoms with E-state index >= 15 is 0 Å². The van der Waals surface area contributed by atoms with E-state index in [0.29, 0.717) is 5.92 Å². The summed E-state index contributed by atoms with van der Waals surface area (Å²) in [5.41, 5.74) is 2.71. The average molecular weight is 376 g/mol. The van der Waals surface area contributed by atoms with Gasteiger partial charge in [-0.1, -0.05) is 60.7 Å². The zero-order chi connectivity index (χ0) is 19.2. The lowest BCUT2D eigenvalue weighted by atomic mass is 9.86. The molecule has 0 spiro atoms. The maximum Gasteiger partial charge on any atom is 0.122 e. The summed E-state index contributed by atoms with van der Waals surface area (Å²) in [5.74, 6) is 1.50. The van der Waals surface area contributed by atoms with Gasteiger partial charge in [0.1, 0.15) is 5.82 Å². The Hall–Kier alpha value is -2.43. The number of hydrogen-bond acceptors (Lipinski definition) is 3. The van der Waals surface area contributed by atoms with Crippen LogP contribution in [0.15, 0.2) is 73.1 Å². The highest BCUT2D eigenvalue weighted by Crippen LogP contribution is 2.31. The van der Waals surface area contributed by atoms with E-state index in [2.05, 4.69) is 88.2 Å². The Kier molecular flexibility index (Phi) is 6.20. The van der Waals surface area contributed by atoms with E-state index in [0.717, 1.165) is 45.0 Å². The van der Waals surface area contributed by atoms with Gasteiger partial charge in [0.05, 0.1) is 19.3 Å². The van der Waals surface area contributed by atoms with Gasteiger partial charge in [0.2, 0.25) is 0 Å². The van der Waals surface area contributed by atoms with E-state index in [4.69, 9.17) is 4.74 Å². The van der Waals surface area contributed by atoms with Crippen molar-refractivity contribution in [2.75, 3.05) is 19.7 Å². The zero-order valence-corrected chi connectivity index (χ0v) is 16.6. The van der Waals surface area contributed by atoms with Crippen LogP contribution in [0, 0.1) is 0 Å². The third kappa shape index (κ3) is 4.51. The first-order chi connectivity index (χ1) is 13.8. The number of morpholine rings is 1. The second-order valence-electron chi connectivity index (χ2n) is 7.47. The number of aromatic nitrogens is 2. The third-order valence-electron chi connectivity index (χ3n) is 5.63. The minimum absolute atomic E-state index is 0.226. The number of ether oxygens (including phenoxy) is 1. The predicted molar refractivity (Wildman–Crippen MR) is 112 cm³/mol. The number of hydrogen-bond donors (Lipinski definition) is 0. The molecule has 0 saturated carbocycles. The summed E-state index contributed by atoms with van der Waals surface area (Å²) < 4.78 is 8.41. The highest BCUT2D eigenvalue weighted by molar-refractivity contribution is 5.32. The molecule has 1 aliphatic rings. The van der Waals surface area contributed by atoms with Crippen molar-refractivity contribution in [3.63, 3.8) is 0 Å². The summed E-state index contributed by atoms with van der Waals surface area (Å²) >= 11 is 0. The van der Waals surface area contributed by atoms with E-state index in [1.54, 1.807) is 0 Å². The molecule has 1 aromatic heterocycles. The quantitative estimate of drug-likeness (QED) is 0.616. The highest BCUT2D eigenvalue weighted by atomic mass is 16.5. The molecule has 4 nitrogen and oxygen atoms in total. The summed E-state index contributed by atoms with van der Waals surface area (Å²) in [7, 11) is 0. The Bertz CT molecular complexity index is 807. The van der Waals surface area contributed by atoms with Gasteiger partial charge in [0.25, 0.3) is 0 Å². The molecule has 0 bridgehead atoms. The van der Waals surface area contributed by atoms with Gasteiger partial charge in [0.15, 0.2) is 0 Å². The first kappa shape index (κ1) is 18.9. The maximum atomic E-state index is 6.19. The Morgan fingerprint density at radius 2 is 1.71 bits per heavy atom. The van der Waals surface area contributed by atoms with Gasteiger partial charge < -0.3 is 9.30 Å². The molecule has 1 atom stereocenters. The molecule has 2 heterocycles. The molecule has 2 aromatic carbocycles. The molecular formula is C24H29N3O. The summed E-state index contributed by atoms with van der Waals surface area (Å²) in [6.07, 6.45) is 5.18. The topological polar surface area (TPSA) is 30.3 Å². The Labute approximate surface area is 167 Å². The van der Waals surface area contributed by atoms with Crippen molar-refractivity contribution >= 4 is 0 Å². The summed E-state index contributed by atoms with van der Waals surface area (Å²) in [6, 6.07) is 21.6. The molecule has 146 valence electrons. The largest absolute Gasteiger partial charge is 0.376 e. The standard InChI is InChI=1S/C24H29N3O/c1-2-27-14-13-25-24(27)19-26-15-16-28-22(18-26)17-23(20-9-5-3-6-10-20)21-11-7-4-8-12-21/h3-14,22-23H,2,15-19H2,1H3/t22-/m0/s1. The molecule has 0 N–H and O–H groups in total. The number of aryl methyl sites for hydroxylation is 1. The second-order valence-corrected chi connectivity index (χ2v) is 7.47. The monoisotopic (exact) mass is 375 g/mol. The molecule has 1 fully saturated rings. The van der Waals surface area contributed by atoms with E-state index in [9.17, 15) is 0 Å². The van der Waals surface area contributed by atoms with Crippen LogP contribution >= 0.6 is 0 Å². The van der Waals surface area contributed by atoms with Crippen molar-refractivity contribution < 1.29 is 4.74 Å². The Morgan fingerprint density at radius 3 is 2.36 bits per heavy atom. The van der Waals surface area contributed by atoms with Crippen molar-refractivity contribution in [2.24, 2.45) is 0 Å². The van der Waals surface area contributed by atoms with Crippen LogP contribution in [-0.4, -0.2) is 40.3 Å². The lowest BCUT2D eigenvalue weighted by Crippen LogP contribution is -2.43. The lowest BCUT2D eigenvalue weighted by Gasteiger charge is -2.34. The normalized spacial score (nSPS) is 17.9. The van der Waals surface area contributed by atoms with Crippen LogP contribution in [0.25, 0.3) is 0 Å². The first-order valence-electron chi connectivity index (χ1n) is 10.3. The van der Waals surface area contributed by atoms with Crippen LogP contribution in [0.1, 0.15) is 36.2 Å². The van der Waals surface area contributed by atoms with Gasteiger partial charge in [-0.15, -0.1) is 0 Å². The summed E-state index contributed by atoms with van der Waals surface area (Å²) in [4.78, 5) is 7.02. The van der Waals surface area contributed by atoms with Gasteiger partial charge in [0, 0.05) is 37.9 Å². The minimum Gasteiger partial charge on any atom is -0.376 e. The van der Waals surface area contributed by atoms with Gasteiger partial charge >= 0.3 is 0 Å². The minimum atomic E-state index is 0.226. The highest BCUT2D eigenvalue weighted by Gasteiger charge is 2.26.